The second kappa shape index (κ2) is 10.4. The number of nitrogens with one attached hydrogen (secondary N) is 1. The minimum absolute atomic E-state index is 0.212. The number of aromatic nitrogens is 1. The molecule has 39 heavy (non-hydrogen) atoms. The number of imide groups is 1. The number of halogens is 2. The maximum Gasteiger partial charge on any atom is 0.308 e. The highest BCUT2D eigenvalue weighted by Crippen LogP contribution is 2.54. The van der Waals surface area contributed by atoms with Crippen molar-refractivity contribution in [2.75, 3.05) is 10.2 Å². The molecule has 1 saturated heterocycles. The largest absolute Gasteiger partial charge is 0.325 e. The van der Waals surface area contributed by atoms with Gasteiger partial charge in [0.2, 0.25) is 17.7 Å². The molecule has 1 aromatic heterocycles. The number of thioether (sulfide) groups is 1. The Morgan fingerprint density at radius 3 is 2.31 bits per heavy atom. The van der Waals surface area contributed by atoms with Crippen LogP contribution in [0.2, 0.25) is 5.02 Å². The van der Waals surface area contributed by atoms with Gasteiger partial charge < -0.3 is 5.32 Å². The first kappa shape index (κ1) is 26.1. The van der Waals surface area contributed by atoms with Gasteiger partial charge in [0.25, 0.3) is 0 Å². The summed E-state index contributed by atoms with van der Waals surface area (Å²) in [7, 11) is 0. The number of thiazole rings is 1. The third kappa shape index (κ3) is 4.75. The highest BCUT2D eigenvalue weighted by molar-refractivity contribution is 9.10. The van der Waals surface area contributed by atoms with Gasteiger partial charge in [-0.2, -0.15) is 0 Å². The molecule has 2 unspecified atom stereocenters. The Bertz CT molecular complexity index is 1660. The van der Waals surface area contributed by atoms with Crippen LogP contribution in [0.1, 0.15) is 16.4 Å². The van der Waals surface area contributed by atoms with E-state index in [0.29, 0.717) is 26.3 Å². The fraction of sp³-hybridized carbons (Fsp3) is 0.143. The summed E-state index contributed by atoms with van der Waals surface area (Å²) in [4.78, 5) is 55.3. The van der Waals surface area contributed by atoms with Gasteiger partial charge in [0.15, 0.2) is 0 Å². The molecule has 11 heteroatoms. The summed E-state index contributed by atoms with van der Waals surface area (Å²) in [6.07, 6.45) is 0. The third-order valence-electron chi connectivity index (χ3n) is 6.72. The van der Waals surface area contributed by atoms with E-state index in [4.69, 9.17) is 11.6 Å². The van der Waals surface area contributed by atoms with Gasteiger partial charge in [-0.1, -0.05) is 81.0 Å². The molecule has 1 fully saturated rings. The van der Waals surface area contributed by atoms with Gasteiger partial charge in [-0.25, -0.2) is 4.90 Å². The molecule has 3 atom stereocenters. The monoisotopic (exact) mass is 639 g/mol. The van der Waals surface area contributed by atoms with Gasteiger partial charge in [0.05, 0.1) is 16.6 Å². The number of carbonyl (C=O) groups is 3. The Morgan fingerprint density at radius 2 is 1.62 bits per heavy atom. The Hall–Kier alpha value is -3.18. The fourth-order valence-corrected chi connectivity index (χ4v) is 8.16. The van der Waals surface area contributed by atoms with Gasteiger partial charge in [-0.3, -0.25) is 23.7 Å². The van der Waals surface area contributed by atoms with Gasteiger partial charge >= 0.3 is 4.87 Å². The number of carbonyl (C=O) groups excluding carboxylic acids is 3. The van der Waals surface area contributed by atoms with Crippen molar-refractivity contribution in [3.8, 4) is 0 Å². The number of rotatable bonds is 5. The van der Waals surface area contributed by atoms with Crippen molar-refractivity contribution >= 4 is 79.7 Å². The number of para-hydroxylation sites is 1. The fourth-order valence-electron chi connectivity index (χ4n) is 4.99. The third-order valence-corrected chi connectivity index (χ3v) is 10.1. The average molecular weight is 641 g/mol. The number of benzene rings is 3. The van der Waals surface area contributed by atoms with Crippen LogP contribution in [-0.2, 0) is 20.9 Å². The maximum atomic E-state index is 13.9. The zero-order chi connectivity index (χ0) is 27.3. The van der Waals surface area contributed by atoms with Gasteiger partial charge in [0, 0.05) is 26.0 Å². The molecule has 2 aliphatic rings. The first-order valence-corrected chi connectivity index (χ1v) is 14.8. The quantitative estimate of drug-likeness (QED) is 0.280. The minimum Gasteiger partial charge on any atom is -0.325 e. The predicted octanol–water partition coefficient (Wildman–Crippen LogP) is 5.76. The molecule has 6 rings (SSSR count). The SMILES string of the molecule is O=C(Cn1c2c(sc1=O)[C@H](c1ccc(Cl)cc1)C1C(=O)N(c3ccc(Br)cc3)C(=O)C1S2)Nc1ccccc1. The molecular weight excluding hydrogens is 622 g/mol. The molecule has 3 amide bonds. The summed E-state index contributed by atoms with van der Waals surface area (Å²) in [6.45, 7) is -0.212. The van der Waals surface area contributed by atoms with Crippen molar-refractivity contribution in [2.24, 2.45) is 5.92 Å². The zero-order valence-corrected chi connectivity index (χ0v) is 24.0. The number of hydrogen-bond donors (Lipinski definition) is 1. The van der Waals surface area contributed by atoms with Crippen molar-refractivity contribution in [1.82, 2.24) is 4.57 Å². The molecule has 0 bridgehead atoms. The first-order chi connectivity index (χ1) is 18.8. The van der Waals surface area contributed by atoms with E-state index < -0.39 is 17.1 Å². The number of nitrogens with zero attached hydrogens (tertiary/aromatic N) is 2. The predicted molar refractivity (Wildman–Crippen MR) is 157 cm³/mol. The minimum atomic E-state index is -0.758. The molecule has 1 N–H and O–H groups in total. The second-order valence-electron chi connectivity index (χ2n) is 9.12. The van der Waals surface area contributed by atoms with Crippen molar-refractivity contribution in [1.29, 1.82) is 0 Å². The number of anilines is 2. The van der Waals surface area contributed by atoms with Gasteiger partial charge in [-0.15, -0.1) is 0 Å². The molecule has 0 radical (unpaired) electrons. The van der Waals surface area contributed by atoms with Crippen LogP contribution in [0.15, 0.2) is 93.2 Å². The standard InChI is InChI=1S/C28H19BrClN3O4S2/c29-16-8-12-19(13-9-16)33-25(35)22-21(15-6-10-17(30)11-7-15)24-27(38-23(22)26(33)36)32(28(37)39-24)14-20(34)31-18-4-2-1-3-5-18/h1-13,21-23H,14H2,(H,31,34)/t21-,22?,23?/m1/s1. The van der Waals surface area contributed by atoms with E-state index >= 15 is 0 Å². The lowest BCUT2D eigenvalue weighted by molar-refractivity contribution is -0.122. The van der Waals surface area contributed by atoms with Crippen molar-refractivity contribution in [3.05, 3.63) is 108 Å². The van der Waals surface area contributed by atoms with Crippen molar-refractivity contribution in [3.63, 3.8) is 0 Å². The lowest BCUT2D eigenvalue weighted by atomic mass is 9.83. The van der Waals surface area contributed by atoms with Gasteiger partial charge in [0.1, 0.15) is 11.8 Å². The van der Waals surface area contributed by atoms with E-state index in [-0.39, 0.29) is 29.1 Å². The first-order valence-electron chi connectivity index (χ1n) is 12.0. The summed E-state index contributed by atoms with van der Waals surface area (Å²) in [5.74, 6) is -2.29. The molecule has 0 saturated carbocycles. The molecule has 0 spiro atoms. The van der Waals surface area contributed by atoms with Crippen molar-refractivity contribution in [2.45, 2.75) is 22.7 Å². The highest BCUT2D eigenvalue weighted by atomic mass is 79.9. The summed E-state index contributed by atoms with van der Waals surface area (Å²) < 4.78 is 2.23. The van der Waals surface area contributed by atoms with E-state index in [0.717, 1.165) is 21.4 Å². The number of hydrogen-bond acceptors (Lipinski definition) is 6. The van der Waals surface area contributed by atoms with Crippen LogP contribution in [0, 0.1) is 5.92 Å². The zero-order valence-electron chi connectivity index (χ0n) is 20.0. The normalized spacial score (nSPS) is 20.1. The Labute approximate surface area is 244 Å². The van der Waals surface area contributed by atoms with E-state index in [1.807, 2.05) is 18.2 Å². The summed E-state index contributed by atoms with van der Waals surface area (Å²) >= 11 is 11.7. The smallest absolute Gasteiger partial charge is 0.308 e. The van der Waals surface area contributed by atoms with E-state index in [1.54, 1.807) is 60.7 Å². The molecule has 196 valence electrons. The molecule has 4 aromatic rings. The Morgan fingerprint density at radius 1 is 0.923 bits per heavy atom. The topological polar surface area (TPSA) is 88.5 Å². The molecule has 3 aromatic carbocycles. The number of fused-ring (bicyclic) bond motifs is 2. The maximum absolute atomic E-state index is 13.9. The van der Waals surface area contributed by atoms with E-state index in [9.17, 15) is 19.2 Å². The lowest BCUT2D eigenvalue weighted by Crippen LogP contribution is -2.33. The molecular formula is C28H19BrClN3O4S2. The van der Waals surface area contributed by atoms with Crippen LogP contribution in [0.25, 0.3) is 0 Å². The van der Waals surface area contributed by atoms with Crippen molar-refractivity contribution < 1.29 is 14.4 Å². The van der Waals surface area contributed by atoms with E-state index in [2.05, 4.69) is 21.2 Å². The van der Waals surface area contributed by atoms with Crippen LogP contribution < -0.4 is 15.1 Å². The van der Waals surface area contributed by atoms with Crippen LogP contribution in [-0.4, -0.2) is 27.5 Å². The van der Waals surface area contributed by atoms with Crippen LogP contribution in [0.4, 0.5) is 11.4 Å². The molecule has 3 heterocycles. The van der Waals surface area contributed by atoms with Crippen LogP contribution >= 0.6 is 50.6 Å². The van der Waals surface area contributed by atoms with Crippen LogP contribution in [0.3, 0.4) is 0 Å². The second-order valence-corrected chi connectivity index (χ2v) is 12.6. The summed E-state index contributed by atoms with van der Waals surface area (Å²) in [6, 6.07) is 23.1. The van der Waals surface area contributed by atoms with Gasteiger partial charge in [-0.05, 0) is 54.1 Å². The molecule has 7 nitrogen and oxygen atoms in total. The van der Waals surface area contributed by atoms with Crippen LogP contribution in [0.5, 0.6) is 0 Å². The number of amides is 3. The lowest BCUT2D eigenvalue weighted by Gasteiger charge is -2.30. The average Bonchev–Trinajstić information content (AvgIpc) is 3.36. The summed E-state index contributed by atoms with van der Waals surface area (Å²) in [5.41, 5.74) is 1.88. The molecule has 2 aliphatic heterocycles. The molecule has 0 aliphatic carbocycles. The summed E-state index contributed by atoms with van der Waals surface area (Å²) in [5, 5.41) is 3.12. The highest BCUT2D eigenvalue weighted by Gasteiger charge is 2.56. The van der Waals surface area contributed by atoms with E-state index in [1.165, 1.54) is 21.2 Å². The Balaban J connectivity index is 1.42. The Kier molecular flexibility index (Phi) is 6.96.